The van der Waals surface area contributed by atoms with Crippen molar-refractivity contribution in [2.24, 2.45) is 0 Å². The van der Waals surface area contributed by atoms with Gasteiger partial charge in [-0.2, -0.15) is 4.31 Å². The molecule has 1 aliphatic rings. The normalized spacial score (nSPS) is 16.0. The molecule has 0 bridgehead atoms. The molecule has 7 heteroatoms. The molecule has 2 heterocycles. The molecule has 0 amide bonds. The van der Waals surface area contributed by atoms with Crippen molar-refractivity contribution in [2.75, 3.05) is 31.1 Å². The zero-order valence-corrected chi connectivity index (χ0v) is 16.5. The highest BCUT2D eigenvalue weighted by molar-refractivity contribution is 7.89. The first-order valence-corrected chi connectivity index (χ1v) is 10.6. The molecule has 0 spiro atoms. The number of nitrogens with zero attached hydrogens (tertiary/aromatic N) is 3. The van der Waals surface area contributed by atoms with Crippen molar-refractivity contribution in [3.8, 4) is 0 Å². The summed E-state index contributed by atoms with van der Waals surface area (Å²) in [5.41, 5.74) is 3.23. The molecule has 0 saturated carbocycles. The van der Waals surface area contributed by atoms with Crippen LogP contribution in [0.2, 0.25) is 5.02 Å². The summed E-state index contributed by atoms with van der Waals surface area (Å²) in [6.07, 6.45) is 1.81. The highest BCUT2D eigenvalue weighted by atomic mass is 35.5. The summed E-state index contributed by atoms with van der Waals surface area (Å²) in [5, 5.41) is 1.62. The van der Waals surface area contributed by atoms with Gasteiger partial charge in [-0.1, -0.05) is 23.7 Å². The minimum atomic E-state index is -3.50. The second-order valence-electron chi connectivity index (χ2n) is 6.70. The minimum absolute atomic E-state index is 0.283. The van der Waals surface area contributed by atoms with Gasteiger partial charge in [0.15, 0.2) is 0 Å². The Balaban J connectivity index is 1.55. The van der Waals surface area contributed by atoms with Gasteiger partial charge in [0.2, 0.25) is 10.0 Å². The van der Waals surface area contributed by atoms with Crippen molar-refractivity contribution in [1.82, 2.24) is 9.29 Å². The van der Waals surface area contributed by atoms with Crippen LogP contribution in [0.3, 0.4) is 0 Å². The smallest absolute Gasteiger partial charge is 0.243 e. The number of aryl methyl sites for hydroxylation is 1. The number of piperazine rings is 1. The molecule has 0 radical (unpaired) electrons. The number of aromatic nitrogens is 1. The first kappa shape index (κ1) is 18.2. The quantitative estimate of drug-likeness (QED) is 0.671. The Morgan fingerprint density at radius 1 is 0.963 bits per heavy atom. The van der Waals surface area contributed by atoms with E-state index in [1.807, 2.05) is 19.2 Å². The van der Waals surface area contributed by atoms with Crippen LogP contribution in [0.1, 0.15) is 5.56 Å². The van der Waals surface area contributed by atoms with E-state index in [-0.39, 0.29) is 4.90 Å². The van der Waals surface area contributed by atoms with E-state index in [0.717, 1.165) is 16.6 Å². The Hall–Kier alpha value is -2.15. The third-order valence-corrected chi connectivity index (χ3v) is 7.07. The van der Waals surface area contributed by atoms with Crippen LogP contribution in [0, 0.1) is 6.92 Å². The van der Waals surface area contributed by atoms with Crippen LogP contribution in [-0.4, -0.2) is 43.9 Å². The number of hydrogen-bond donors (Lipinski definition) is 0. The number of anilines is 1. The Labute approximate surface area is 164 Å². The minimum Gasteiger partial charge on any atom is -0.368 e. The fraction of sp³-hybridized carbons (Fsp3) is 0.250. The van der Waals surface area contributed by atoms with E-state index < -0.39 is 10.0 Å². The van der Waals surface area contributed by atoms with Crippen LogP contribution in [0.15, 0.2) is 59.6 Å². The fourth-order valence-electron chi connectivity index (χ4n) is 3.44. The molecule has 5 nitrogen and oxygen atoms in total. The summed E-state index contributed by atoms with van der Waals surface area (Å²) < 4.78 is 27.2. The molecule has 0 aliphatic carbocycles. The van der Waals surface area contributed by atoms with Gasteiger partial charge in [-0.25, -0.2) is 8.42 Å². The molecule has 0 atom stereocenters. The van der Waals surface area contributed by atoms with Crippen LogP contribution in [-0.2, 0) is 10.0 Å². The van der Waals surface area contributed by atoms with Crippen molar-refractivity contribution < 1.29 is 8.42 Å². The van der Waals surface area contributed by atoms with Crippen molar-refractivity contribution in [2.45, 2.75) is 11.8 Å². The lowest BCUT2D eigenvalue weighted by Gasteiger charge is -2.35. The molecule has 2 aromatic carbocycles. The van der Waals surface area contributed by atoms with Gasteiger partial charge in [0, 0.05) is 48.5 Å². The molecule has 27 heavy (non-hydrogen) atoms. The first-order chi connectivity index (χ1) is 12.9. The van der Waals surface area contributed by atoms with Gasteiger partial charge in [-0.3, -0.25) is 4.98 Å². The Kier molecular flexibility index (Phi) is 4.80. The first-order valence-electron chi connectivity index (χ1n) is 8.81. The van der Waals surface area contributed by atoms with Gasteiger partial charge < -0.3 is 4.90 Å². The van der Waals surface area contributed by atoms with Crippen LogP contribution in [0.5, 0.6) is 0 Å². The number of halogens is 1. The lowest BCUT2D eigenvalue weighted by Crippen LogP contribution is -2.48. The van der Waals surface area contributed by atoms with Crippen LogP contribution in [0.25, 0.3) is 10.9 Å². The zero-order chi connectivity index (χ0) is 19.0. The van der Waals surface area contributed by atoms with E-state index in [9.17, 15) is 8.42 Å². The molecular formula is C20H20ClN3O2S. The second-order valence-corrected chi connectivity index (χ2v) is 9.07. The summed E-state index contributed by atoms with van der Waals surface area (Å²) in [7, 11) is -3.50. The maximum absolute atomic E-state index is 12.8. The van der Waals surface area contributed by atoms with E-state index in [4.69, 9.17) is 11.6 Å². The number of pyridine rings is 1. The number of benzene rings is 2. The summed E-state index contributed by atoms with van der Waals surface area (Å²) in [6.45, 7) is 4.22. The van der Waals surface area contributed by atoms with Gasteiger partial charge in [-0.15, -0.1) is 0 Å². The maximum Gasteiger partial charge on any atom is 0.243 e. The largest absolute Gasteiger partial charge is 0.368 e. The molecule has 1 fully saturated rings. The SMILES string of the molecule is Cc1ccc2c(N3CCN(S(=O)(=O)c4ccc(Cl)cc4)CC3)ccnc2c1. The topological polar surface area (TPSA) is 53.5 Å². The van der Waals surface area contributed by atoms with E-state index in [2.05, 4.69) is 28.1 Å². The summed E-state index contributed by atoms with van der Waals surface area (Å²) in [6, 6.07) is 14.6. The van der Waals surface area contributed by atoms with Crippen LogP contribution >= 0.6 is 11.6 Å². The highest BCUT2D eigenvalue weighted by Crippen LogP contribution is 2.28. The van der Waals surface area contributed by atoms with Gasteiger partial charge in [-0.05, 0) is 48.9 Å². The monoisotopic (exact) mass is 401 g/mol. The van der Waals surface area contributed by atoms with Gasteiger partial charge in [0.25, 0.3) is 0 Å². The lowest BCUT2D eigenvalue weighted by atomic mass is 10.1. The molecule has 1 aromatic heterocycles. The van der Waals surface area contributed by atoms with Gasteiger partial charge in [0.1, 0.15) is 0 Å². The van der Waals surface area contributed by atoms with Crippen molar-refractivity contribution in [1.29, 1.82) is 0 Å². The second kappa shape index (κ2) is 7.11. The maximum atomic E-state index is 12.8. The third kappa shape index (κ3) is 3.52. The Morgan fingerprint density at radius 2 is 1.67 bits per heavy atom. The number of fused-ring (bicyclic) bond motifs is 1. The molecule has 0 N–H and O–H groups in total. The van der Waals surface area contributed by atoms with Crippen LogP contribution < -0.4 is 4.90 Å². The summed E-state index contributed by atoms with van der Waals surface area (Å²) in [4.78, 5) is 6.97. The Bertz CT molecular complexity index is 1080. The average molecular weight is 402 g/mol. The fourth-order valence-corrected chi connectivity index (χ4v) is 4.99. The number of sulfonamides is 1. The van der Waals surface area contributed by atoms with Gasteiger partial charge in [0.05, 0.1) is 10.4 Å². The Morgan fingerprint density at radius 3 is 2.37 bits per heavy atom. The van der Waals surface area contributed by atoms with E-state index >= 15 is 0 Å². The third-order valence-electron chi connectivity index (χ3n) is 4.91. The molecule has 1 aliphatic heterocycles. The summed E-state index contributed by atoms with van der Waals surface area (Å²) in [5.74, 6) is 0. The van der Waals surface area contributed by atoms with Crippen LogP contribution in [0.4, 0.5) is 5.69 Å². The lowest BCUT2D eigenvalue weighted by molar-refractivity contribution is 0.385. The van der Waals surface area contributed by atoms with E-state index in [1.165, 1.54) is 5.56 Å². The molecule has 140 valence electrons. The standard InChI is InChI=1S/C20H20ClN3O2S/c1-15-2-7-18-19(14-15)22-9-8-20(18)23-10-12-24(13-11-23)27(25,26)17-5-3-16(21)4-6-17/h2-9,14H,10-13H2,1H3. The van der Waals surface area contributed by atoms with Crippen molar-refractivity contribution >= 4 is 38.2 Å². The molecule has 3 aromatic rings. The number of rotatable bonds is 3. The van der Waals surface area contributed by atoms with Crippen molar-refractivity contribution in [3.63, 3.8) is 0 Å². The van der Waals surface area contributed by atoms with Crippen molar-refractivity contribution in [3.05, 3.63) is 65.3 Å². The van der Waals surface area contributed by atoms with Gasteiger partial charge >= 0.3 is 0 Å². The summed E-state index contributed by atoms with van der Waals surface area (Å²) >= 11 is 5.87. The molecule has 1 saturated heterocycles. The average Bonchev–Trinajstić information content (AvgIpc) is 2.68. The predicted molar refractivity (Wildman–Crippen MR) is 109 cm³/mol. The molecule has 0 unspecified atom stereocenters. The number of hydrogen-bond acceptors (Lipinski definition) is 4. The van der Waals surface area contributed by atoms with E-state index in [0.29, 0.717) is 31.2 Å². The van der Waals surface area contributed by atoms with E-state index in [1.54, 1.807) is 28.6 Å². The molecule has 4 rings (SSSR count). The predicted octanol–water partition coefficient (Wildman–Crippen LogP) is 3.71. The molecular weight excluding hydrogens is 382 g/mol. The zero-order valence-electron chi connectivity index (χ0n) is 15.0. The highest BCUT2D eigenvalue weighted by Gasteiger charge is 2.29.